The van der Waals surface area contributed by atoms with E-state index in [1.807, 2.05) is 13.8 Å². The number of hydrogen-bond donors (Lipinski definition) is 2. The summed E-state index contributed by atoms with van der Waals surface area (Å²) in [5.41, 5.74) is 5.39. The van der Waals surface area contributed by atoms with E-state index in [0.29, 0.717) is 6.54 Å². The molecule has 0 spiro atoms. The molecule has 0 unspecified atom stereocenters. The van der Waals surface area contributed by atoms with Gasteiger partial charge in [-0.3, -0.25) is 4.79 Å². The summed E-state index contributed by atoms with van der Waals surface area (Å²) < 4.78 is 0. The van der Waals surface area contributed by atoms with Gasteiger partial charge in [-0.05, 0) is 31.6 Å². The van der Waals surface area contributed by atoms with E-state index in [1.165, 1.54) is 19.3 Å². The number of amides is 1. The second-order valence-corrected chi connectivity index (χ2v) is 4.70. The Bertz CT molecular complexity index is 205. The third kappa shape index (κ3) is 3.36. The number of nitrogens with two attached hydrogens (primary N) is 1. The fraction of sp³-hybridized carbons (Fsp3) is 0.917. The molecule has 1 aliphatic rings. The minimum absolute atomic E-state index is 0. The third-order valence-corrected chi connectivity index (χ3v) is 4.00. The lowest BCUT2D eigenvalue weighted by Gasteiger charge is -2.31. The Morgan fingerprint density at radius 2 is 1.94 bits per heavy atom. The highest BCUT2D eigenvalue weighted by Gasteiger charge is 2.33. The second kappa shape index (κ2) is 7.13. The summed E-state index contributed by atoms with van der Waals surface area (Å²) in [5, 5.41) is 3.06. The molecular formula is C12H25ClN2O. The summed E-state index contributed by atoms with van der Waals surface area (Å²) in [5.74, 6) is 0.875. The molecule has 0 atom stereocenters. The van der Waals surface area contributed by atoms with E-state index >= 15 is 0 Å². The lowest BCUT2D eigenvalue weighted by atomic mass is 9.80. The van der Waals surface area contributed by atoms with Crippen LogP contribution in [0.2, 0.25) is 0 Å². The molecule has 16 heavy (non-hydrogen) atoms. The maximum Gasteiger partial charge on any atom is 0.227 e. The van der Waals surface area contributed by atoms with Crippen molar-refractivity contribution in [2.24, 2.45) is 17.1 Å². The molecule has 0 bridgehead atoms. The molecule has 1 fully saturated rings. The van der Waals surface area contributed by atoms with Crippen molar-refractivity contribution in [2.75, 3.05) is 13.1 Å². The van der Waals surface area contributed by atoms with Gasteiger partial charge in [-0.2, -0.15) is 0 Å². The van der Waals surface area contributed by atoms with Crippen LogP contribution in [-0.2, 0) is 4.79 Å². The molecule has 0 heterocycles. The molecule has 0 saturated heterocycles. The monoisotopic (exact) mass is 248 g/mol. The molecule has 4 heteroatoms. The number of halogens is 1. The molecular weight excluding hydrogens is 224 g/mol. The standard InChI is InChI=1S/C12H24N2O.ClH/c1-3-12(4-2,9-13)11(15)14-8-10-6-5-7-10;/h10H,3-9,13H2,1-2H3,(H,14,15);1H. The first kappa shape index (κ1) is 15.7. The van der Waals surface area contributed by atoms with E-state index < -0.39 is 0 Å². The topological polar surface area (TPSA) is 55.1 Å². The Kier molecular flexibility index (Phi) is 7.00. The number of carbonyl (C=O) groups is 1. The Labute approximate surface area is 105 Å². The second-order valence-electron chi connectivity index (χ2n) is 4.70. The van der Waals surface area contributed by atoms with E-state index in [0.717, 1.165) is 25.3 Å². The fourth-order valence-electron chi connectivity index (χ4n) is 2.07. The fourth-order valence-corrected chi connectivity index (χ4v) is 2.07. The van der Waals surface area contributed by atoms with Crippen LogP contribution in [0.25, 0.3) is 0 Å². The summed E-state index contributed by atoms with van der Waals surface area (Å²) in [6, 6.07) is 0. The number of hydrogen-bond acceptors (Lipinski definition) is 2. The maximum absolute atomic E-state index is 12.0. The van der Waals surface area contributed by atoms with Crippen molar-refractivity contribution in [3.05, 3.63) is 0 Å². The average Bonchev–Trinajstić information content (AvgIpc) is 2.19. The SMILES string of the molecule is CCC(CC)(CN)C(=O)NCC1CCC1.Cl. The van der Waals surface area contributed by atoms with Crippen LogP contribution in [0.15, 0.2) is 0 Å². The largest absolute Gasteiger partial charge is 0.355 e. The highest BCUT2D eigenvalue weighted by Crippen LogP contribution is 2.27. The zero-order valence-corrected chi connectivity index (χ0v) is 11.2. The average molecular weight is 249 g/mol. The normalized spacial score (nSPS) is 16.2. The van der Waals surface area contributed by atoms with Crippen molar-refractivity contribution in [3.8, 4) is 0 Å². The predicted molar refractivity (Wildman–Crippen MR) is 69.7 cm³/mol. The molecule has 96 valence electrons. The zero-order chi connectivity index (χ0) is 11.3. The summed E-state index contributed by atoms with van der Waals surface area (Å²) in [6.45, 7) is 5.38. The molecule has 3 nitrogen and oxygen atoms in total. The summed E-state index contributed by atoms with van der Waals surface area (Å²) in [4.78, 5) is 12.0. The Balaban J connectivity index is 0.00000225. The first-order valence-electron chi connectivity index (χ1n) is 6.17. The molecule has 0 aliphatic heterocycles. The predicted octanol–water partition coefficient (Wildman–Crippen LogP) is 2.09. The molecule has 1 rings (SSSR count). The van der Waals surface area contributed by atoms with Crippen LogP contribution in [0.3, 0.4) is 0 Å². The highest BCUT2D eigenvalue weighted by molar-refractivity contribution is 5.85. The van der Waals surface area contributed by atoms with E-state index in [1.54, 1.807) is 0 Å². The van der Waals surface area contributed by atoms with Crippen LogP contribution in [0.4, 0.5) is 0 Å². The Morgan fingerprint density at radius 3 is 2.25 bits per heavy atom. The smallest absolute Gasteiger partial charge is 0.227 e. The van der Waals surface area contributed by atoms with Crippen molar-refractivity contribution >= 4 is 18.3 Å². The van der Waals surface area contributed by atoms with E-state index in [-0.39, 0.29) is 23.7 Å². The van der Waals surface area contributed by atoms with Crippen LogP contribution in [0, 0.1) is 11.3 Å². The molecule has 0 aromatic carbocycles. The first-order chi connectivity index (χ1) is 7.18. The molecule has 0 aromatic rings. The van der Waals surface area contributed by atoms with Crippen molar-refractivity contribution in [1.29, 1.82) is 0 Å². The maximum atomic E-state index is 12.0. The minimum atomic E-state index is -0.330. The zero-order valence-electron chi connectivity index (χ0n) is 10.4. The van der Waals surface area contributed by atoms with Gasteiger partial charge in [-0.25, -0.2) is 0 Å². The van der Waals surface area contributed by atoms with Gasteiger partial charge in [0.05, 0.1) is 5.41 Å². The van der Waals surface area contributed by atoms with E-state index in [9.17, 15) is 4.79 Å². The molecule has 3 N–H and O–H groups in total. The van der Waals surface area contributed by atoms with Crippen molar-refractivity contribution in [2.45, 2.75) is 46.0 Å². The van der Waals surface area contributed by atoms with Gasteiger partial charge in [0.1, 0.15) is 0 Å². The van der Waals surface area contributed by atoms with Crippen LogP contribution in [-0.4, -0.2) is 19.0 Å². The van der Waals surface area contributed by atoms with Gasteiger partial charge in [0.15, 0.2) is 0 Å². The van der Waals surface area contributed by atoms with Gasteiger partial charge in [0.25, 0.3) is 0 Å². The third-order valence-electron chi connectivity index (χ3n) is 4.00. The van der Waals surface area contributed by atoms with Crippen LogP contribution in [0.1, 0.15) is 46.0 Å². The lowest BCUT2D eigenvalue weighted by Crippen LogP contribution is -2.47. The molecule has 1 saturated carbocycles. The van der Waals surface area contributed by atoms with Crippen LogP contribution >= 0.6 is 12.4 Å². The number of nitrogens with one attached hydrogen (secondary N) is 1. The molecule has 1 amide bonds. The molecule has 1 aliphatic carbocycles. The van der Waals surface area contributed by atoms with Crippen LogP contribution in [0.5, 0.6) is 0 Å². The van der Waals surface area contributed by atoms with Crippen molar-refractivity contribution in [3.63, 3.8) is 0 Å². The van der Waals surface area contributed by atoms with E-state index in [2.05, 4.69) is 5.32 Å². The van der Waals surface area contributed by atoms with Gasteiger partial charge >= 0.3 is 0 Å². The number of carbonyl (C=O) groups excluding carboxylic acids is 1. The van der Waals surface area contributed by atoms with Crippen molar-refractivity contribution in [1.82, 2.24) is 5.32 Å². The number of rotatable bonds is 6. The Morgan fingerprint density at radius 1 is 1.38 bits per heavy atom. The van der Waals surface area contributed by atoms with E-state index in [4.69, 9.17) is 5.73 Å². The summed E-state index contributed by atoms with van der Waals surface area (Å²) >= 11 is 0. The van der Waals surface area contributed by atoms with Gasteiger partial charge in [0.2, 0.25) is 5.91 Å². The van der Waals surface area contributed by atoms with Crippen molar-refractivity contribution < 1.29 is 4.79 Å². The molecule has 0 aromatic heterocycles. The minimum Gasteiger partial charge on any atom is -0.355 e. The highest BCUT2D eigenvalue weighted by atomic mass is 35.5. The lowest BCUT2D eigenvalue weighted by molar-refractivity contribution is -0.131. The van der Waals surface area contributed by atoms with Gasteiger partial charge < -0.3 is 11.1 Å². The quantitative estimate of drug-likeness (QED) is 0.756. The van der Waals surface area contributed by atoms with Crippen LogP contribution < -0.4 is 11.1 Å². The van der Waals surface area contributed by atoms with Gasteiger partial charge in [-0.1, -0.05) is 20.3 Å². The first-order valence-corrected chi connectivity index (χ1v) is 6.17. The van der Waals surface area contributed by atoms with Gasteiger partial charge in [0, 0.05) is 13.1 Å². The summed E-state index contributed by atoms with van der Waals surface area (Å²) in [7, 11) is 0. The Hall–Kier alpha value is -0.280. The summed E-state index contributed by atoms with van der Waals surface area (Å²) in [6.07, 6.45) is 5.53. The molecule has 0 radical (unpaired) electrons. The van der Waals surface area contributed by atoms with Gasteiger partial charge in [-0.15, -0.1) is 12.4 Å².